The Hall–Kier alpha value is -2.52. The minimum atomic E-state index is -1.35. The molecule has 0 saturated heterocycles. The van der Waals surface area contributed by atoms with E-state index in [1.54, 1.807) is 48.5 Å². The first kappa shape index (κ1) is 28.5. The predicted molar refractivity (Wildman–Crippen MR) is 152 cm³/mol. The quantitative estimate of drug-likeness (QED) is 0.238. The molecule has 38 heavy (non-hydrogen) atoms. The standard InChI is InChI=1S/C26H20Cl5N3O4/c1-38-12-21(35)32-16-2-4-17(5-3-16)33-24(36)19-11-18(6-7-20(19)29)34-25(37)23-22(26(23,30)31)13-8-14(27)10-15(28)9-13/h2-11,22-23H,12H2,1H3,(H,32,35)(H,33,36)(H,34,37)/t22-,23+/m0/s1. The summed E-state index contributed by atoms with van der Waals surface area (Å²) in [5.41, 5.74) is 2.13. The van der Waals surface area contributed by atoms with Gasteiger partial charge in [0.25, 0.3) is 5.91 Å². The molecule has 2 atom stereocenters. The Balaban J connectivity index is 1.43. The number of carbonyl (C=O) groups excluding carboxylic acids is 3. The molecule has 3 aromatic carbocycles. The third-order valence-corrected chi connectivity index (χ3v) is 7.47. The third-order valence-electron chi connectivity index (χ3n) is 5.76. The minimum Gasteiger partial charge on any atom is -0.375 e. The monoisotopic (exact) mass is 613 g/mol. The fraction of sp³-hybridized carbons (Fsp3) is 0.192. The van der Waals surface area contributed by atoms with Gasteiger partial charge in [-0.1, -0.05) is 34.8 Å². The first-order valence-electron chi connectivity index (χ1n) is 11.1. The maximum atomic E-state index is 13.0. The van der Waals surface area contributed by atoms with Gasteiger partial charge >= 0.3 is 0 Å². The van der Waals surface area contributed by atoms with Crippen LogP contribution in [0.3, 0.4) is 0 Å². The van der Waals surface area contributed by atoms with Crippen molar-refractivity contribution in [3.63, 3.8) is 0 Å². The molecule has 4 rings (SSSR count). The van der Waals surface area contributed by atoms with Crippen LogP contribution in [0.5, 0.6) is 0 Å². The minimum absolute atomic E-state index is 0.0724. The van der Waals surface area contributed by atoms with Crippen LogP contribution in [-0.2, 0) is 14.3 Å². The molecule has 0 unspecified atom stereocenters. The summed E-state index contributed by atoms with van der Waals surface area (Å²) >= 11 is 31.3. The first-order valence-corrected chi connectivity index (χ1v) is 13.0. The maximum Gasteiger partial charge on any atom is 0.257 e. The van der Waals surface area contributed by atoms with Gasteiger partial charge in [-0.05, 0) is 66.2 Å². The van der Waals surface area contributed by atoms with E-state index in [2.05, 4.69) is 16.0 Å². The summed E-state index contributed by atoms with van der Waals surface area (Å²) in [6.45, 7) is -0.0724. The van der Waals surface area contributed by atoms with Crippen molar-refractivity contribution >= 4 is 92.8 Å². The highest BCUT2D eigenvalue weighted by atomic mass is 35.5. The Morgan fingerprint density at radius 2 is 1.39 bits per heavy atom. The van der Waals surface area contributed by atoms with E-state index in [1.807, 2.05) is 0 Å². The highest BCUT2D eigenvalue weighted by molar-refractivity contribution is 6.53. The van der Waals surface area contributed by atoms with Crippen LogP contribution >= 0.6 is 58.0 Å². The zero-order chi connectivity index (χ0) is 27.6. The van der Waals surface area contributed by atoms with Crippen molar-refractivity contribution in [2.75, 3.05) is 29.7 Å². The summed E-state index contributed by atoms with van der Waals surface area (Å²) in [6, 6.07) is 15.9. The van der Waals surface area contributed by atoms with Gasteiger partial charge in [0.15, 0.2) is 0 Å². The number of halogens is 5. The van der Waals surface area contributed by atoms with Gasteiger partial charge in [0.05, 0.1) is 16.5 Å². The van der Waals surface area contributed by atoms with Gasteiger partial charge in [-0.15, -0.1) is 23.2 Å². The zero-order valence-corrected chi connectivity index (χ0v) is 23.4. The van der Waals surface area contributed by atoms with E-state index in [4.69, 9.17) is 62.7 Å². The molecule has 1 saturated carbocycles. The van der Waals surface area contributed by atoms with Gasteiger partial charge in [-0.25, -0.2) is 0 Å². The lowest BCUT2D eigenvalue weighted by Crippen LogP contribution is -2.18. The molecule has 1 aliphatic carbocycles. The number of carbonyl (C=O) groups is 3. The van der Waals surface area contributed by atoms with Crippen LogP contribution in [-0.4, -0.2) is 35.8 Å². The smallest absolute Gasteiger partial charge is 0.257 e. The van der Waals surface area contributed by atoms with Crippen molar-refractivity contribution in [3.8, 4) is 0 Å². The summed E-state index contributed by atoms with van der Waals surface area (Å²) in [5, 5.41) is 9.13. The first-order chi connectivity index (χ1) is 18.0. The van der Waals surface area contributed by atoms with Crippen LogP contribution in [0.25, 0.3) is 0 Å². The zero-order valence-electron chi connectivity index (χ0n) is 19.7. The molecule has 1 fully saturated rings. The molecule has 0 aliphatic heterocycles. The van der Waals surface area contributed by atoms with Gasteiger partial charge < -0.3 is 20.7 Å². The van der Waals surface area contributed by atoms with Crippen molar-refractivity contribution in [3.05, 3.63) is 86.9 Å². The second kappa shape index (κ2) is 11.7. The number of nitrogens with one attached hydrogen (secondary N) is 3. The van der Waals surface area contributed by atoms with Gasteiger partial charge in [-0.2, -0.15) is 0 Å². The van der Waals surface area contributed by atoms with Crippen LogP contribution in [0.15, 0.2) is 60.7 Å². The highest BCUT2D eigenvalue weighted by Gasteiger charge is 2.67. The topological polar surface area (TPSA) is 96.5 Å². The van der Waals surface area contributed by atoms with E-state index in [0.29, 0.717) is 32.7 Å². The molecule has 3 amide bonds. The Bertz CT molecular complexity index is 1380. The molecule has 0 heterocycles. The van der Waals surface area contributed by atoms with E-state index in [1.165, 1.54) is 19.2 Å². The van der Waals surface area contributed by atoms with Gasteiger partial charge in [0.1, 0.15) is 10.9 Å². The van der Waals surface area contributed by atoms with Crippen molar-refractivity contribution in [2.45, 2.75) is 10.3 Å². The fourth-order valence-corrected chi connectivity index (χ4v) is 5.56. The van der Waals surface area contributed by atoms with Crippen molar-refractivity contribution in [1.82, 2.24) is 0 Å². The Morgan fingerprint density at radius 1 is 0.816 bits per heavy atom. The molecule has 0 bridgehead atoms. The lowest BCUT2D eigenvalue weighted by atomic mass is 10.1. The number of amides is 3. The average Bonchev–Trinajstić information content (AvgIpc) is 3.43. The second-order valence-electron chi connectivity index (χ2n) is 8.53. The molecule has 0 aromatic heterocycles. The molecule has 1 aliphatic rings. The number of benzene rings is 3. The van der Waals surface area contributed by atoms with E-state index in [9.17, 15) is 14.4 Å². The Labute approximate surface area is 243 Å². The third kappa shape index (κ3) is 6.54. The SMILES string of the molecule is COCC(=O)Nc1ccc(NC(=O)c2cc(NC(=O)[C@H]3[C@H](c4cc(Cl)cc(Cl)c4)C3(Cl)Cl)ccc2Cl)cc1. The maximum absolute atomic E-state index is 13.0. The van der Waals surface area contributed by atoms with E-state index < -0.39 is 28.0 Å². The highest BCUT2D eigenvalue weighted by Crippen LogP contribution is 2.65. The second-order valence-corrected chi connectivity index (χ2v) is 11.3. The lowest BCUT2D eigenvalue weighted by Gasteiger charge is -2.11. The summed E-state index contributed by atoms with van der Waals surface area (Å²) < 4.78 is 3.43. The molecule has 3 aromatic rings. The van der Waals surface area contributed by atoms with Gasteiger partial charge in [0, 0.05) is 40.1 Å². The molecular weight excluding hydrogens is 596 g/mol. The molecule has 3 N–H and O–H groups in total. The van der Waals surface area contributed by atoms with Crippen LogP contribution in [0.1, 0.15) is 21.8 Å². The Kier molecular flexibility index (Phi) is 8.77. The van der Waals surface area contributed by atoms with Gasteiger partial charge in [-0.3, -0.25) is 14.4 Å². The van der Waals surface area contributed by atoms with E-state index in [0.717, 1.165) is 0 Å². The molecule has 0 spiro atoms. The summed E-state index contributed by atoms with van der Waals surface area (Å²) in [7, 11) is 1.42. The number of ether oxygens (including phenoxy) is 1. The van der Waals surface area contributed by atoms with Crippen LogP contribution in [0.4, 0.5) is 17.1 Å². The molecule has 7 nitrogen and oxygen atoms in total. The normalized spacial score (nSPS) is 17.4. The number of hydrogen-bond donors (Lipinski definition) is 3. The van der Waals surface area contributed by atoms with Crippen LogP contribution < -0.4 is 16.0 Å². The molecule has 198 valence electrons. The largest absolute Gasteiger partial charge is 0.375 e. The van der Waals surface area contributed by atoms with Gasteiger partial charge in [0.2, 0.25) is 11.8 Å². The van der Waals surface area contributed by atoms with Crippen molar-refractivity contribution in [2.24, 2.45) is 5.92 Å². The number of rotatable bonds is 8. The molecular formula is C26H20Cl5N3O4. The number of hydrogen-bond acceptors (Lipinski definition) is 4. The summed E-state index contributed by atoms with van der Waals surface area (Å²) in [5.74, 6) is -2.51. The van der Waals surface area contributed by atoms with E-state index >= 15 is 0 Å². The van der Waals surface area contributed by atoms with Crippen LogP contribution in [0.2, 0.25) is 15.1 Å². The van der Waals surface area contributed by atoms with Crippen molar-refractivity contribution < 1.29 is 19.1 Å². The summed E-state index contributed by atoms with van der Waals surface area (Å²) in [4.78, 5) is 37.6. The average molecular weight is 616 g/mol. The summed E-state index contributed by atoms with van der Waals surface area (Å²) in [6.07, 6.45) is 0. The Morgan fingerprint density at radius 3 is 2.00 bits per heavy atom. The lowest BCUT2D eigenvalue weighted by molar-refractivity contribution is -0.119. The molecule has 12 heteroatoms. The van der Waals surface area contributed by atoms with Crippen LogP contribution in [0, 0.1) is 5.92 Å². The number of alkyl halides is 2. The number of methoxy groups -OCH3 is 1. The fourth-order valence-electron chi connectivity index (χ4n) is 3.98. The predicted octanol–water partition coefficient (Wildman–Crippen LogP) is 7.01. The molecule has 0 radical (unpaired) electrons. The van der Waals surface area contributed by atoms with Crippen molar-refractivity contribution in [1.29, 1.82) is 0 Å². The van der Waals surface area contributed by atoms with E-state index in [-0.39, 0.29) is 23.1 Å². The number of anilines is 3.